The minimum Gasteiger partial charge on any atom is -0.393 e. The van der Waals surface area contributed by atoms with Crippen molar-refractivity contribution in [2.45, 2.75) is 83.3 Å². The van der Waals surface area contributed by atoms with Crippen LogP contribution in [-0.4, -0.2) is 39.4 Å². The molecule has 4 saturated carbocycles. The fourth-order valence-electron chi connectivity index (χ4n) is 8.01. The lowest BCUT2D eigenvalue weighted by molar-refractivity contribution is -0.198. The first-order chi connectivity index (χ1) is 11.8. The summed E-state index contributed by atoms with van der Waals surface area (Å²) in [5.74, 6) is 1.24. The molecule has 4 rings (SSSR count). The zero-order chi connectivity index (χ0) is 18.0. The van der Waals surface area contributed by atoms with E-state index in [1.165, 1.54) is 32.1 Å². The SMILES string of the molecule is C[C@]12CCCC[C@@H]1CC[C@@H]1[C@@H]2[C@@H](O)C[C@@]2(C)[C@H]1CC[C@]2(O)C(=O)CO. The highest BCUT2D eigenvalue weighted by atomic mass is 16.3. The van der Waals surface area contributed by atoms with Crippen LogP contribution in [-0.2, 0) is 4.79 Å². The number of aliphatic hydroxyl groups excluding tert-OH is 2. The number of fused-ring (bicyclic) bond motifs is 5. The summed E-state index contributed by atoms with van der Waals surface area (Å²) in [4.78, 5) is 12.4. The monoisotopic (exact) mass is 350 g/mol. The van der Waals surface area contributed by atoms with E-state index in [2.05, 4.69) is 6.92 Å². The Morgan fingerprint density at radius 1 is 1.08 bits per heavy atom. The van der Waals surface area contributed by atoms with Crippen molar-refractivity contribution in [1.29, 1.82) is 0 Å². The van der Waals surface area contributed by atoms with Gasteiger partial charge in [-0.05, 0) is 74.0 Å². The molecule has 4 heteroatoms. The van der Waals surface area contributed by atoms with Crippen LogP contribution in [0.25, 0.3) is 0 Å². The van der Waals surface area contributed by atoms with Crippen LogP contribution in [0.5, 0.6) is 0 Å². The minimum atomic E-state index is -1.47. The molecule has 3 N–H and O–H groups in total. The Bertz CT molecular complexity index is 562. The number of Topliss-reactive ketones (excluding diaryl/α,β-unsaturated/α-hetero) is 1. The maximum atomic E-state index is 12.4. The molecule has 25 heavy (non-hydrogen) atoms. The van der Waals surface area contributed by atoms with Crippen LogP contribution in [0.15, 0.2) is 0 Å². The fourth-order valence-corrected chi connectivity index (χ4v) is 8.01. The van der Waals surface area contributed by atoms with E-state index >= 15 is 0 Å². The van der Waals surface area contributed by atoms with Crippen LogP contribution in [0.2, 0.25) is 0 Å². The lowest BCUT2D eigenvalue weighted by Gasteiger charge is -2.62. The van der Waals surface area contributed by atoms with Gasteiger partial charge in [-0.2, -0.15) is 0 Å². The highest BCUT2D eigenvalue weighted by Crippen LogP contribution is 2.68. The Kier molecular flexibility index (Phi) is 4.14. The Labute approximate surface area is 151 Å². The van der Waals surface area contributed by atoms with Gasteiger partial charge in [0, 0.05) is 5.41 Å². The fraction of sp³-hybridized carbons (Fsp3) is 0.952. The van der Waals surface area contributed by atoms with Crippen molar-refractivity contribution in [1.82, 2.24) is 0 Å². The van der Waals surface area contributed by atoms with Crippen LogP contribution in [0.4, 0.5) is 0 Å². The highest BCUT2D eigenvalue weighted by Gasteiger charge is 2.68. The van der Waals surface area contributed by atoms with E-state index in [0.29, 0.717) is 24.7 Å². The molecule has 0 aromatic rings. The van der Waals surface area contributed by atoms with Crippen molar-refractivity contribution < 1.29 is 20.1 Å². The molecule has 142 valence electrons. The maximum Gasteiger partial charge on any atom is 0.190 e. The van der Waals surface area contributed by atoms with Crippen LogP contribution < -0.4 is 0 Å². The maximum absolute atomic E-state index is 12.4. The van der Waals surface area contributed by atoms with E-state index in [0.717, 1.165) is 18.8 Å². The van der Waals surface area contributed by atoms with E-state index in [1.807, 2.05) is 6.92 Å². The van der Waals surface area contributed by atoms with Gasteiger partial charge in [0.15, 0.2) is 5.78 Å². The van der Waals surface area contributed by atoms with Crippen molar-refractivity contribution in [2.24, 2.45) is 34.5 Å². The number of aliphatic hydroxyl groups is 3. The van der Waals surface area contributed by atoms with Crippen molar-refractivity contribution >= 4 is 5.78 Å². The number of hydrogen-bond acceptors (Lipinski definition) is 4. The van der Waals surface area contributed by atoms with Crippen LogP contribution in [0.3, 0.4) is 0 Å². The Balaban J connectivity index is 1.70. The predicted octanol–water partition coefficient (Wildman–Crippen LogP) is 2.68. The zero-order valence-electron chi connectivity index (χ0n) is 15.7. The quantitative estimate of drug-likeness (QED) is 0.715. The minimum absolute atomic E-state index is 0.212. The molecule has 0 unspecified atom stereocenters. The number of ketones is 1. The molecule has 8 atom stereocenters. The van der Waals surface area contributed by atoms with Gasteiger partial charge >= 0.3 is 0 Å². The smallest absolute Gasteiger partial charge is 0.190 e. The second kappa shape index (κ2) is 5.77. The Morgan fingerprint density at radius 3 is 2.56 bits per heavy atom. The molecule has 4 fully saturated rings. The summed E-state index contributed by atoms with van der Waals surface area (Å²) in [6.45, 7) is 3.79. The molecule has 0 saturated heterocycles. The average Bonchev–Trinajstić information content (AvgIpc) is 2.85. The highest BCUT2D eigenvalue weighted by molar-refractivity contribution is 5.89. The summed E-state index contributed by atoms with van der Waals surface area (Å²) < 4.78 is 0. The first-order valence-electron chi connectivity index (χ1n) is 10.3. The largest absolute Gasteiger partial charge is 0.393 e. The van der Waals surface area contributed by atoms with Crippen LogP contribution in [0, 0.1) is 34.5 Å². The van der Waals surface area contributed by atoms with Gasteiger partial charge in [-0.15, -0.1) is 0 Å². The number of hydrogen-bond donors (Lipinski definition) is 3. The molecule has 0 bridgehead atoms. The van der Waals surface area contributed by atoms with Gasteiger partial charge in [0.2, 0.25) is 0 Å². The van der Waals surface area contributed by atoms with Gasteiger partial charge in [-0.25, -0.2) is 0 Å². The summed E-state index contributed by atoms with van der Waals surface area (Å²) in [5, 5.41) is 31.8. The number of rotatable bonds is 2. The van der Waals surface area contributed by atoms with Gasteiger partial charge in [0.05, 0.1) is 6.10 Å². The number of carbonyl (C=O) groups excluding carboxylic acids is 1. The normalized spacial score (nSPS) is 55.2. The van der Waals surface area contributed by atoms with Gasteiger partial charge in [0.1, 0.15) is 12.2 Å². The number of carbonyl (C=O) groups is 1. The van der Waals surface area contributed by atoms with Crippen molar-refractivity contribution in [3.8, 4) is 0 Å². The Morgan fingerprint density at radius 2 is 1.84 bits per heavy atom. The second-order valence-electron chi connectivity index (χ2n) is 9.99. The standard InChI is InChI=1S/C21H34O4/c1-19-9-4-3-5-13(19)6-7-14-15-8-10-21(25,17(24)12-22)20(15,2)11-16(23)18(14)19/h13-16,18,22-23,25H,3-12H2,1-2H3/t13-,14+,15+,16+,18-,19+,20+,21+/m1/s1. The lowest BCUT2D eigenvalue weighted by atomic mass is 9.43. The molecular formula is C21H34O4. The first kappa shape index (κ1) is 17.9. The molecule has 4 aliphatic carbocycles. The molecule has 0 aromatic heterocycles. The lowest BCUT2D eigenvalue weighted by Crippen LogP contribution is -2.62. The topological polar surface area (TPSA) is 77.8 Å². The second-order valence-corrected chi connectivity index (χ2v) is 9.99. The van der Waals surface area contributed by atoms with Gasteiger partial charge < -0.3 is 15.3 Å². The van der Waals surface area contributed by atoms with E-state index < -0.39 is 29.5 Å². The van der Waals surface area contributed by atoms with E-state index in [4.69, 9.17) is 0 Å². The summed E-state index contributed by atoms with van der Waals surface area (Å²) in [6, 6.07) is 0. The third-order valence-electron chi connectivity index (χ3n) is 9.27. The van der Waals surface area contributed by atoms with Crippen molar-refractivity contribution in [3.63, 3.8) is 0 Å². The summed E-state index contributed by atoms with van der Waals surface area (Å²) >= 11 is 0. The molecule has 0 heterocycles. The zero-order valence-corrected chi connectivity index (χ0v) is 15.7. The molecule has 4 aliphatic rings. The molecule has 0 spiro atoms. The van der Waals surface area contributed by atoms with Crippen molar-refractivity contribution in [3.05, 3.63) is 0 Å². The van der Waals surface area contributed by atoms with Gasteiger partial charge in [-0.3, -0.25) is 4.79 Å². The van der Waals surface area contributed by atoms with Crippen LogP contribution >= 0.6 is 0 Å². The van der Waals surface area contributed by atoms with Crippen molar-refractivity contribution in [2.75, 3.05) is 6.61 Å². The molecular weight excluding hydrogens is 316 g/mol. The van der Waals surface area contributed by atoms with Crippen LogP contribution in [0.1, 0.15) is 71.6 Å². The van der Waals surface area contributed by atoms with E-state index in [-0.39, 0.29) is 11.3 Å². The third kappa shape index (κ3) is 2.20. The van der Waals surface area contributed by atoms with E-state index in [9.17, 15) is 20.1 Å². The molecule has 0 radical (unpaired) electrons. The summed E-state index contributed by atoms with van der Waals surface area (Å²) in [6.07, 6.45) is 8.74. The summed E-state index contributed by atoms with van der Waals surface area (Å²) in [5.41, 5.74) is -1.86. The molecule has 4 nitrogen and oxygen atoms in total. The van der Waals surface area contributed by atoms with E-state index in [1.54, 1.807) is 0 Å². The average molecular weight is 350 g/mol. The summed E-state index contributed by atoms with van der Waals surface area (Å²) in [7, 11) is 0. The molecule has 0 aliphatic heterocycles. The molecule has 0 amide bonds. The van der Waals surface area contributed by atoms with Gasteiger partial charge in [0.25, 0.3) is 0 Å². The molecule has 0 aromatic carbocycles. The predicted molar refractivity (Wildman–Crippen MR) is 94.8 cm³/mol. The third-order valence-corrected chi connectivity index (χ3v) is 9.27. The Hall–Kier alpha value is -0.450. The first-order valence-corrected chi connectivity index (χ1v) is 10.3. The van der Waals surface area contributed by atoms with Gasteiger partial charge in [-0.1, -0.05) is 26.7 Å².